The number of carbonyl (C=O) groups is 2. The van der Waals surface area contributed by atoms with E-state index in [9.17, 15) is 14.0 Å². The van der Waals surface area contributed by atoms with E-state index in [4.69, 9.17) is 14.2 Å². The Bertz CT molecular complexity index is 763. The van der Waals surface area contributed by atoms with Crippen LogP contribution in [-0.2, 0) is 20.7 Å². The summed E-state index contributed by atoms with van der Waals surface area (Å²) in [7, 11) is 2.99. The molecule has 2 aromatic carbocycles. The molecule has 0 radical (unpaired) electrons. The zero-order valence-corrected chi connectivity index (χ0v) is 13.9. The molecular formula is C18H18FNO5. The highest BCUT2D eigenvalue weighted by Gasteiger charge is 2.11. The van der Waals surface area contributed by atoms with Gasteiger partial charge in [0.15, 0.2) is 18.1 Å². The van der Waals surface area contributed by atoms with Crippen molar-refractivity contribution in [2.45, 2.75) is 6.42 Å². The van der Waals surface area contributed by atoms with Gasteiger partial charge in [-0.05, 0) is 29.8 Å². The van der Waals surface area contributed by atoms with Crippen molar-refractivity contribution >= 4 is 17.6 Å². The van der Waals surface area contributed by atoms with Gasteiger partial charge >= 0.3 is 5.97 Å². The van der Waals surface area contributed by atoms with Gasteiger partial charge in [-0.25, -0.2) is 4.39 Å². The predicted octanol–water partition coefficient (Wildman–Crippen LogP) is 2.57. The molecular weight excluding hydrogens is 329 g/mol. The first kappa shape index (κ1) is 18.3. The summed E-state index contributed by atoms with van der Waals surface area (Å²) in [4.78, 5) is 23.6. The average molecular weight is 347 g/mol. The van der Waals surface area contributed by atoms with Crippen molar-refractivity contribution in [3.05, 3.63) is 53.8 Å². The van der Waals surface area contributed by atoms with E-state index in [-0.39, 0.29) is 6.42 Å². The van der Waals surface area contributed by atoms with Crippen molar-refractivity contribution in [1.82, 2.24) is 0 Å². The Morgan fingerprint density at radius 2 is 1.80 bits per heavy atom. The van der Waals surface area contributed by atoms with E-state index >= 15 is 0 Å². The number of anilines is 1. The van der Waals surface area contributed by atoms with Gasteiger partial charge in [-0.2, -0.15) is 0 Å². The summed E-state index contributed by atoms with van der Waals surface area (Å²) >= 11 is 0. The second kappa shape index (κ2) is 8.68. The van der Waals surface area contributed by atoms with Crippen LogP contribution in [0.25, 0.3) is 0 Å². The third-order valence-corrected chi connectivity index (χ3v) is 3.27. The van der Waals surface area contributed by atoms with Crippen LogP contribution in [0.1, 0.15) is 5.56 Å². The Hall–Kier alpha value is -3.09. The van der Waals surface area contributed by atoms with Crippen LogP contribution in [0, 0.1) is 5.82 Å². The van der Waals surface area contributed by atoms with Gasteiger partial charge in [-0.15, -0.1) is 0 Å². The monoisotopic (exact) mass is 347 g/mol. The van der Waals surface area contributed by atoms with E-state index in [0.717, 1.165) is 0 Å². The summed E-state index contributed by atoms with van der Waals surface area (Å²) < 4.78 is 28.2. The molecule has 0 aliphatic carbocycles. The maximum Gasteiger partial charge on any atom is 0.310 e. The smallest absolute Gasteiger partial charge is 0.310 e. The molecule has 2 rings (SSSR count). The molecule has 7 heteroatoms. The number of rotatable bonds is 7. The molecule has 25 heavy (non-hydrogen) atoms. The van der Waals surface area contributed by atoms with Gasteiger partial charge in [0.25, 0.3) is 5.91 Å². The number of carbonyl (C=O) groups excluding carboxylic acids is 2. The second-order valence-corrected chi connectivity index (χ2v) is 5.09. The third-order valence-electron chi connectivity index (χ3n) is 3.27. The fraction of sp³-hybridized carbons (Fsp3) is 0.222. The van der Waals surface area contributed by atoms with E-state index in [0.29, 0.717) is 22.7 Å². The molecule has 0 bridgehead atoms. The van der Waals surface area contributed by atoms with Gasteiger partial charge in [-0.3, -0.25) is 9.59 Å². The Kier molecular flexibility index (Phi) is 6.33. The number of benzene rings is 2. The van der Waals surface area contributed by atoms with E-state index in [1.165, 1.54) is 32.4 Å². The lowest BCUT2D eigenvalue weighted by atomic mass is 10.1. The van der Waals surface area contributed by atoms with Gasteiger partial charge in [0.05, 0.1) is 20.6 Å². The molecule has 6 nitrogen and oxygen atoms in total. The van der Waals surface area contributed by atoms with Crippen LogP contribution >= 0.6 is 0 Å². The lowest BCUT2D eigenvalue weighted by molar-refractivity contribution is -0.146. The molecule has 0 aliphatic heterocycles. The van der Waals surface area contributed by atoms with Gasteiger partial charge in [0.1, 0.15) is 5.82 Å². The van der Waals surface area contributed by atoms with Gasteiger partial charge in [0, 0.05) is 11.8 Å². The maximum absolute atomic E-state index is 13.1. The highest BCUT2D eigenvalue weighted by Crippen LogP contribution is 2.29. The molecule has 0 fully saturated rings. The Morgan fingerprint density at radius 1 is 1.04 bits per heavy atom. The molecule has 1 N–H and O–H groups in total. The third kappa shape index (κ3) is 5.49. The zero-order chi connectivity index (χ0) is 18.2. The molecule has 0 atom stereocenters. The molecule has 132 valence electrons. The van der Waals surface area contributed by atoms with Crippen molar-refractivity contribution in [2.24, 2.45) is 0 Å². The van der Waals surface area contributed by atoms with Crippen molar-refractivity contribution in [1.29, 1.82) is 0 Å². The summed E-state index contributed by atoms with van der Waals surface area (Å²) in [6.45, 7) is -0.442. The molecule has 0 aliphatic rings. The topological polar surface area (TPSA) is 73.9 Å². The quantitative estimate of drug-likeness (QED) is 0.779. The number of hydrogen-bond donors (Lipinski definition) is 1. The van der Waals surface area contributed by atoms with Crippen LogP contribution < -0.4 is 14.8 Å². The lowest BCUT2D eigenvalue weighted by Crippen LogP contribution is -2.21. The highest BCUT2D eigenvalue weighted by molar-refractivity contribution is 5.93. The highest BCUT2D eigenvalue weighted by atomic mass is 19.1. The summed E-state index contributed by atoms with van der Waals surface area (Å²) in [5.41, 5.74) is 0.953. The average Bonchev–Trinajstić information content (AvgIpc) is 2.60. The molecule has 1 amide bonds. The van der Waals surface area contributed by atoms with Crippen LogP contribution in [0.2, 0.25) is 0 Å². The molecule has 2 aromatic rings. The first-order valence-corrected chi connectivity index (χ1v) is 7.43. The second-order valence-electron chi connectivity index (χ2n) is 5.09. The maximum atomic E-state index is 13.1. The minimum Gasteiger partial charge on any atom is -0.493 e. The normalized spacial score (nSPS) is 10.0. The summed E-state index contributed by atoms with van der Waals surface area (Å²) in [5.74, 6) is -0.560. The van der Waals surface area contributed by atoms with Crippen molar-refractivity contribution in [3.8, 4) is 11.5 Å². The SMILES string of the molecule is COc1ccc(NC(=O)COC(=O)Cc2cccc(F)c2)cc1OC. The fourth-order valence-electron chi connectivity index (χ4n) is 2.12. The summed E-state index contributed by atoms with van der Waals surface area (Å²) in [6, 6.07) is 10.5. The minimum atomic E-state index is -0.618. The number of halogens is 1. The molecule has 0 unspecified atom stereocenters. The van der Waals surface area contributed by atoms with Crippen LogP contribution in [0.5, 0.6) is 11.5 Å². The van der Waals surface area contributed by atoms with E-state index in [1.807, 2.05) is 0 Å². The molecule has 0 saturated carbocycles. The largest absolute Gasteiger partial charge is 0.493 e. The lowest BCUT2D eigenvalue weighted by Gasteiger charge is -2.11. The number of amides is 1. The minimum absolute atomic E-state index is 0.110. The number of nitrogens with one attached hydrogen (secondary N) is 1. The van der Waals surface area contributed by atoms with E-state index in [1.54, 1.807) is 24.3 Å². The van der Waals surface area contributed by atoms with Crippen molar-refractivity contribution in [3.63, 3.8) is 0 Å². The van der Waals surface area contributed by atoms with Crippen molar-refractivity contribution in [2.75, 3.05) is 26.1 Å². The predicted molar refractivity (Wildman–Crippen MR) is 89.2 cm³/mol. The standard InChI is InChI=1S/C18H18FNO5/c1-23-15-7-6-14(10-16(15)24-2)20-17(21)11-25-18(22)9-12-4-3-5-13(19)8-12/h3-8,10H,9,11H2,1-2H3,(H,20,21). The molecule has 0 aromatic heterocycles. The Morgan fingerprint density at radius 3 is 2.48 bits per heavy atom. The van der Waals surface area contributed by atoms with E-state index < -0.39 is 24.3 Å². The Balaban J connectivity index is 1.85. The van der Waals surface area contributed by atoms with Gasteiger partial charge in [-0.1, -0.05) is 12.1 Å². The van der Waals surface area contributed by atoms with Crippen LogP contribution in [0.4, 0.5) is 10.1 Å². The fourth-order valence-corrected chi connectivity index (χ4v) is 2.12. The van der Waals surface area contributed by atoms with Crippen LogP contribution in [0.15, 0.2) is 42.5 Å². The summed E-state index contributed by atoms with van der Waals surface area (Å²) in [6.07, 6.45) is -0.110. The van der Waals surface area contributed by atoms with Gasteiger partial charge in [0.2, 0.25) is 0 Å². The van der Waals surface area contributed by atoms with E-state index in [2.05, 4.69) is 5.32 Å². The summed E-state index contributed by atoms with van der Waals surface area (Å²) in [5, 5.41) is 2.58. The number of hydrogen-bond acceptors (Lipinski definition) is 5. The number of methoxy groups -OCH3 is 2. The number of ether oxygens (including phenoxy) is 3. The first-order valence-electron chi connectivity index (χ1n) is 7.43. The molecule has 0 heterocycles. The first-order chi connectivity index (χ1) is 12.0. The number of esters is 1. The Labute approximate surface area is 144 Å². The molecule has 0 saturated heterocycles. The molecule has 0 spiro atoms. The van der Waals surface area contributed by atoms with Crippen molar-refractivity contribution < 1.29 is 28.2 Å². The van der Waals surface area contributed by atoms with Gasteiger partial charge < -0.3 is 19.5 Å². The zero-order valence-electron chi connectivity index (χ0n) is 13.9. The van der Waals surface area contributed by atoms with Crippen LogP contribution in [0.3, 0.4) is 0 Å². The van der Waals surface area contributed by atoms with Crippen LogP contribution in [-0.4, -0.2) is 32.7 Å².